The molecule has 0 bridgehead atoms. The molecule has 1 amide bonds. The van der Waals surface area contributed by atoms with Gasteiger partial charge in [-0.1, -0.05) is 11.6 Å². The summed E-state index contributed by atoms with van der Waals surface area (Å²) in [5, 5.41) is 3.07. The number of nitrogens with zero attached hydrogens (tertiary/aromatic N) is 1. The second kappa shape index (κ2) is 4.88. The molecule has 2 rings (SSSR count). The van der Waals surface area contributed by atoms with E-state index in [2.05, 4.69) is 15.3 Å². The van der Waals surface area contributed by atoms with Gasteiger partial charge in [0, 0.05) is 18.1 Å². The van der Waals surface area contributed by atoms with Crippen molar-refractivity contribution in [1.29, 1.82) is 0 Å². The lowest BCUT2D eigenvalue weighted by Gasteiger charge is -2.06. The minimum absolute atomic E-state index is 0.279. The fourth-order valence-electron chi connectivity index (χ4n) is 1.37. The molecule has 6 heteroatoms. The summed E-state index contributed by atoms with van der Waals surface area (Å²) in [6.07, 6.45) is 3.31. The number of imidazole rings is 1. The quantitative estimate of drug-likeness (QED) is 0.723. The maximum atomic E-state index is 11.8. The highest BCUT2D eigenvalue weighted by Crippen LogP contribution is 2.18. The molecule has 1 heterocycles. The van der Waals surface area contributed by atoms with Gasteiger partial charge in [0.25, 0.3) is 5.91 Å². The molecule has 0 aliphatic carbocycles. The van der Waals surface area contributed by atoms with E-state index in [9.17, 15) is 4.79 Å². The van der Waals surface area contributed by atoms with Crippen LogP contribution in [-0.4, -0.2) is 15.9 Å². The third-order valence-electron chi connectivity index (χ3n) is 2.21. The molecule has 1 aromatic heterocycles. The van der Waals surface area contributed by atoms with E-state index in [1.54, 1.807) is 30.6 Å². The molecule has 0 aliphatic rings. The molecule has 5 nitrogen and oxygen atoms in total. The Morgan fingerprint density at radius 3 is 3.06 bits per heavy atom. The third kappa shape index (κ3) is 2.76. The first-order chi connectivity index (χ1) is 8.16. The molecule has 0 aliphatic heterocycles. The summed E-state index contributed by atoms with van der Waals surface area (Å²) in [4.78, 5) is 18.7. The first-order valence-corrected chi connectivity index (χ1v) is 5.36. The van der Waals surface area contributed by atoms with Gasteiger partial charge in [-0.3, -0.25) is 4.79 Å². The summed E-state index contributed by atoms with van der Waals surface area (Å²) in [6, 6.07) is 4.78. The fraction of sp³-hybridized carbons (Fsp3) is 0.0909. The molecule has 0 fully saturated rings. The molecular formula is C11H11ClN4O. The number of hydrogen-bond acceptors (Lipinski definition) is 3. The Morgan fingerprint density at radius 1 is 1.53 bits per heavy atom. The zero-order valence-corrected chi connectivity index (χ0v) is 9.66. The van der Waals surface area contributed by atoms with Crippen molar-refractivity contribution in [1.82, 2.24) is 15.3 Å². The molecular weight excluding hydrogens is 240 g/mol. The highest BCUT2D eigenvalue weighted by atomic mass is 35.5. The Labute approximate surface area is 103 Å². The van der Waals surface area contributed by atoms with Crippen molar-refractivity contribution in [2.45, 2.75) is 6.54 Å². The fourth-order valence-corrected chi connectivity index (χ4v) is 1.57. The predicted octanol–water partition coefficient (Wildman–Crippen LogP) is 1.58. The number of aromatic nitrogens is 2. The maximum absolute atomic E-state index is 11.8. The van der Waals surface area contributed by atoms with E-state index in [1.165, 1.54) is 0 Å². The van der Waals surface area contributed by atoms with E-state index < -0.39 is 0 Å². The molecule has 0 unspecified atom stereocenters. The molecule has 0 spiro atoms. The number of hydrogen-bond donors (Lipinski definition) is 3. The molecule has 1 aromatic carbocycles. The lowest BCUT2D eigenvalue weighted by molar-refractivity contribution is 0.0950. The summed E-state index contributed by atoms with van der Waals surface area (Å²) in [6.45, 7) is 0.316. The number of aromatic amines is 1. The molecule has 2 aromatic rings. The highest BCUT2D eigenvalue weighted by molar-refractivity contribution is 6.34. The van der Waals surface area contributed by atoms with Crippen molar-refractivity contribution in [2.75, 3.05) is 5.73 Å². The van der Waals surface area contributed by atoms with Gasteiger partial charge in [-0.25, -0.2) is 4.98 Å². The number of carbonyl (C=O) groups excluding carboxylic acids is 1. The Hall–Kier alpha value is -2.01. The number of nitrogens with two attached hydrogens (primary N) is 1. The Morgan fingerprint density at radius 2 is 2.35 bits per heavy atom. The summed E-state index contributed by atoms with van der Waals surface area (Å²) >= 11 is 5.91. The molecule has 0 saturated heterocycles. The predicted molar refractivity (Wildman–Crippen MR) is 65.6 cm³/mol. The van der Waals surface area contributed by atoms with Crippen LogP contribution in [0, 0.1) is 0 Å². The van der Waals surface area contributed by atoms with Gasteiger partial charge in [0.05, 0.1) is 17.1 Å². The van der Waals surface area contributed by atoms with Crippen LogP contribution in [0.25, 0.3) is 0 Å². The Balaban J connectivity index is 2.07. The first-order valence-electron chi connectivity index (χ1n) is 4.98. The second-order valence-electron chi connectivity index (χ2n) is 3.46. The van der Waals surface area contributed by atoms with Crippen LogP contribution in [0.2, 0.25) is 5.02 Å². The largest absolute Gasteiger partial charge is 0.399 e. The number of nitrogen functional groups attached to an aromatic ring is 1. The minimum atomic E-state index is -0.279. The van der Waals surface area contributed by atoms with Crippen LogP contribution in [0.3, 0.4) is 0 Å². The van der Waals surface area contributed by atoms with Crippen LogP contribution in [0.5, 0.6) is 0 Å². The number of benzene rings is 1. The Bertz CT molecular complexity index is 524. The topological polar surface area (TPSA) is 83.8 Å². The van der Waals surface area contributed by atoms with Crippen LogP contribution in [0.1, 0.15) is 16.2 Å². The van der Waals surface area contributed by atoms with Gasteiger partial charge in [-0.2, -0.15) is 0 Å². The molecule has 88 valence electrons. The van der Waals surface area contributed by atoms with Crippen LogP contribution in [0.15, 0.2) is 30.6 Å². The number of anilines is 1. The molecule has 4 N–H and O–H groups in total. The number of nitrogens with one attached hydrogen (secondary N) is 2. The highest BCUT2D eigenvalue weighted by Gasteiger charge is 2.10. The zero-order chi connectivity index (χ0) is 12.3. The number of halogens is 1. The van der Waals surface area contributed by atoms with Crippen LogP contribution >= 0.6 is 11.6 Å². The Kier molecular flexibility index (Phi) is 3.30. The summed E-state index contributed by atoms with van der Waals surface area (Å²) < 4.78 is 0. The van der Waals surface area contributed by atoms with Crippen molar-refractivity contribution < 1.29 is 4.79 Å². The van der Waals surface area contributed by atoms with E-state index in [1.807, 2.05) is 0 Å². The van der Waals surface area contributed by atoms with Gasteiger partial charge in [-0.05, 0) is 18.2 Å². The lowest BCUT2D eigenvalue weighted by Crippen LogP contribution is -2.23. The van der Waals surface area contributed by atoms with E-state index in [0.717, 1.165) is 0 Å². The van der Waals surface area contributed by atoms with Gasteiger partial charge >= 0.3 is 0 Å². The minimum Gasteiger partial charge on any atom is -0.399 e. The first kappa shape index (κ1) is 11.5. The van der Waals surface area contributed by atoms with Gasteiger partial charge in [-0.15, -0.1) is 0 Å². The number of H-pyrrole nitrogens is 1. The normalized spacial score (nSPS) is 10.2. The van der Waals surface area contributed by atoms with Crippen molar-refractivity contribution >= 4 is 23.2 Å². The van der Waals surface area contributed by atoms with Gasteiger partial charge in [0.15, 0.2) is 0 Å². The van der Waals surface area contributed by atoms with Gasteiger partial charge in [0.2, 0.25) is 0 Å². The standard InChI is InChI=1S/C11H11ClN4O/c12-9-2-1-7(13)5-8(9)11(17)16-6-10-14-3-4-15-10/h1-5H,6,13H2,(H,14,15)(H,16,17). The van der Waals surface area contributed by atoms with E-state index >= 15 is 0 Å². The molecule has 17 heavy (non-hydrogen) atoms. The maximum Gasteiger partial charge on any atom is 0.253 e. The monoisotopic (exact) mass is 250 g/mol. The number of carbonyl (C=O) groups is 1. The average molecular weight is 251 g/mol. The average Bonchev–Trinajstić information content (AvgIpc) is 2.82. The molecule has 0 atom stereocenters. The van der Waals surface area contributed by atoms with E-state index in [4.69, 9.17) is 17.3 Å². The molecule has 0 saturated carbocycles. The number of amides is 1. The lowest BCUT2D eigenvalue weighted by atomic mass is 10.2. The summed E-state index contributed by atoms with van der Waals surface area (Å²) in [5.74, 6) is 0.400. The van der Waals surface area contributed by atoms with Crippen LogP contribution < -0.4 is 11.1 Å². The summed E-state index contributed by atoms with van der Waals surface area (Å²) in [7, 11) is 0. The van der Waals surface area contributed by atoms with Crippen LogP contribution in [0.4, 0.5) is 5.69 Å². The van der Waals surface area contributed by atoms with Crippen molar-refractivity contribution in [3.05, 3.63) is 47.0 Å². The van der Waals surface area contributed by atoms with Crippen LogP contribution in [-0.2, 0) is 6.54 Å². The van der Waals surface area contributed by atoms with Crippen molar-refractivity contribution in [2.24, 2.45) is 0 Å². The number of rotatable bonds is 3. The molecule has 0 radical (unpaired) electrons. The smallest absolute Gasteiger partial charge is 0.253 e. The second-order valence-corrected chi connectivity index (χ2v) is 3.87. The van der Waals surface area contributed by atoms with Crippen molar-refractivity contribution in [3.8, 4) is 0 Å². The van der Waals surface area contributed by atoms with E-state index in [0.29, 0.717) is 28.6 Å². The van der Waals surface area contributed by atoms with E-state index in [-0.39, 0.29) is 5.91 Å². The third-order valence-corrected chi connectivity index (χ3v) is 2.54. The zero-order valence-electron chi connectivity index (χ0n) is 8.90. The van der Waals surface area contributed by atoms with Gasteiger partial charge in [0.1, 0.15) is 5.82 Å². The SMILES string of the molecule is Nc1ccc(Cl)c(C(=O)NCc2ncc[nH]2)c1. The summed E-state index contributed by atoms with van der Waals surface area (Å²) in [5.41, 5.74) is 6.46. The van der Waals surface area contributed by atoms with Gasteiger partial charge < -0.3 is 16.0 Å². The van der Waals surface area contributed by atoms with Crippen molar-refractivity contribution in [3.63, 3.8) is 0 Å².